The average Bonchev–Trinajstić information content (AvgIpc) is 2.62. The number of hydrogen-bond acceptors (Lipinski definition) is 6. The molecule has 1 aliphatic rings. The number of hydrogen-bond donors (Lipinski definition) is 1. The summed E-state index contributed by atoms with van der Waals surface area (Å²) in [6.45, 7) is 11.8. The largest absolute Gasteiger partial charge is 0.493 e. The van der Waals surface area contributed by atoms with E-state index in [0.717, 1.165) is 50.5 Å². The third-order valence-electron chi connectivity index (χ3n) is 5.01. The molecule has 1 N–H and O–H groups in total. The van der Waals surface area contributed by atoms with Crippen molar-refractivity contribution in [3.05, 3.63) is 17.7 Å². The SMILES string of the molecule is COc1ccc(CN2CCN(CC(C)(C)C)[C@@H](CCO)C2)c(OC)c1OC. The summed E-state index contributed by atoms with van der Waals surface area (Å²) in [6, 6.07) is 4.34. The molecule has 0 unspecified atom stereocenters. The van der Waals surface area contributed by atoms with E-state index in [1.807, 2.05) is 12.1 Å². The summed E-state index contributed by atoms with van der Waals surface area (Å²) in [4.78, 5) is 4.96. The highest BCUT2D eigenvalue weighted by Crippen LogP contribution is 2.40. The van der Waals surface area contributed by atoms with Crippen molar-refractivity contribution in [1.29, 1.82) is 0 Å². The summed E-state index contributed by atoms with van der Waals surface area (Å²) in [5.74, 6) is 2.04. The van der Waals surface area contributed by atoms with Gasteiger partial charge in [0.05, 0.1) is 21.3 Å². The van der Waals surface area contributed by atoms with E-state index in [9.17, 15) is 5.11 Å². The minimum absolute atomic E-state index is 0.221. The Kier molecular flexibility index (Phi) is 7.77. The molecule has 1 aliphatic heterocycles. The normalized spacial score (nSPS) is 19.1. The van der Waals surface area contributed by atoms with E-state index in [1.165, 1.54) is 0 Å². The van der Waals surface area contributed by atoms with Gasteiger partial charge >= 0.3 is 0 Å². The average molecular weight is 381 g/mol. The van der Waals surface area contributed by atoms with Gasteiger partial charge in [-0.25, -0.2) is 0 Å². The highest BCUT2D eigenvalue weighted by atomic mass is 16.5. The molecule has 0 radical (unpaired) electrons. The van der Waals surface area contributed by atoms with Gasteiger partial charge in [0.1, 0.15) is 0 Å². The van der Waals surface area contributed by atoms with Crippen LogP contribution in [0.3, 0.4) is 0 Å². The van der Waals surface area contributed by atoms with Crippen LogP contribution >= 0.6 is 0 Å². The molecule has 6 heteroatoms. The number of aliphatic hydroxyl groups excluding tert-OH is 1. The fourth-order valence-electron chi connectivity index (χ4n) is 3.87. The van der Waals surface area contributed by atoms with E-state index < -0.39 is 0 Å². The Bertz CT molecular complexity index is 601. The summed E-state index contributed by atoms with van der Waals surface area (Å²) in [7, 11) is 4.92. The van der Waals surface area contributed by atoms with Crippen molar-refractivity contribution in [3.63, 3.8) is 0 Å². The highest BCUT2D eigenvalue weighted by molar-refractivity contribution is 5.55. The fraction of sp³-hybridized carbons (Fsp3) is 0.714. The molecule has 1 heterocycles. The topological polar surface area (TPSA) is 54.4 Å². The van der Waals surface area contributed by atoms with Crippen molar-refractivity contribution < 1.29 is 19.3 Å². The maximum atomic E-state index is 9.52. The van der Waals surface area contributed by atoms with Gasteiger partial charge in [-0.2, -0.15) is 0 Å². The molecule has 2 rings (SSSR count). The van der Waals surface area contributed by atoms with Gasteiger partial charge in [0, 0.05) is 50.9 Å². The number of nitrogens with zero attached hydrogens (tertiary/aromatic N) is 2. The van der Waals surface area contributed by atoms with Crippen molar-refractivity contribution in [1.82, 2.24) is 9.80 Å². The van der Waals surface area contributed by atoms with Gasteiger partial charge in [0.15, 0.2) is 11.5 Å². The summed E-state index contributed by atoms with van der Waals surface area (Å²) in [5, 5.41) is 9.52. The van der Waals surface area contributed by atoms with E-state index in [4.69, 9.17) is 14.2 Å². The fourth-order valence-corrected chi connectivity index (χ4v) is 3.87. The molecule has 1 aromatic carbocycles. The van der Waals surface area contributed by atoms with E-state index in [-0.39, 0.29) is 12.0 Å². The van der Waals surface area contributed by atoms with Gasteiger partial charge < -0.3 is 19.3 Å². The van der Waals surface area contributed by atoms with Gasteiger partial charge in [-0.3, -0.25) is 9.80 Å². The van der Waals surface area contributed by atoms with Crippen molar-refractivity contribution in [2.75, 3.05) is 54.1 Å². The summed E-state index contributed by atoms with van der Waals surface area (Å²) in [5.41, 5.74) is 1.34. The second kappa shape index (κ2) is 9.62. The van der Waals surface area contributed by atoms with Crippen LogP contribution in [0, 0.1) is 5.41 Å². The van der Waals surface area contributed by atoms with Crippen LogP contribution in [0.2, 0.25) is 0 Å². The first-order valence-electron chi connectivity index (χ1n) is 9.68. The molecule has 6 nitrogen and oxygen atoms in total. The number of piperazine rings is 1. The molecule has 0 aromatic heterocycles. The standard InChI is InChI=1S/C21H36N2O4/c1-21(2,3)15-23-11-10-22(14-17(23)9-12-24)13-16-7-8-18(25-4)20(27-6)19(16)26-5/h7-8,17,24H,9-15H2,1-6H3/t17-/m0/s1. The molecule has 1 fully saturated rings. The maximum absolute atomic E-state index is 9.52. The zero-order valence-corrected chi connectivity index (χ0v) is 17.7. The molecular formula is C21H36N2O4. The quantitative estimate of drug-likeness (QED) is 0.748. The Hall–Kier alpha value is -1.50. The minimum atomic E-state index is 0.221. The van der Waals surface area contributed by atoms with Gasteiger partial charge in [-0.15, -0.1) is 0 Å². The molecule has 0 saturated carbocycles. The summed E-state index contributed by atoms with van der Waals surface area (Å²) in [6.07, 6.45) is 0.801. The van der Waals surface area contributed by atoms with Crippen LogP contribution in [0.5, 0.6) is 17.2 Å². The minimum Gasteiger partial charge on any atom is -0.493 e. The lowest BCUT2D eigenvalue weighted by Crippen LogP contribution is -2.54. The molecule has 0 bridgehead atoms. The Labute approximate surface area is 164 Å². The monoisotopic (exact) mass is 380 g/mol. The van der Waals surface area contributed by atoms with Crippen molar-refractivity contribution >= 4 is 0 Å². The van der Waals surface area contributed by atoms with E-state index in [1.54, 1.807) is 21.3 Å². The van der Waals surface area contributed by atoms with Crippen LogP contribution in [-0.2, 0) is 6.54 Å². The van der Waals surface area contributed by atoms with Crippen LogP contribution < -0.4 is 14.2 Å². The Balaban J connectivity index is 2.14. The van der Waals surface area contributed by atoms with Gasteiger partial charge in [0.25, 0.3) is 0 Å². The molecule has 27 heavy (non-hydrogen) atoms. The van der Waals surface area contributed by atoms with E-state index in [2.05, 4.69) is 30.6 Å². The predicted octanol–water partition coefficient (Wildman–Crippen LogP) is 2.63. The van der Waals surface area contributed by atoms with Gasteiger partial charge in [0.2, 0.25) is 5.75 Å². The van der Waals surface area contributed by atoms with Crippen LogP contribution in [0.1, 0.15) is 32.8 Å². The zero-order chi connectivity index (χ0) is 20.0. The molecule has 0 spiro atoms. The Morgan fingerprint density at radius 1 is 1.04 bits per heavy atom. The molecule has 154 valence electrons. The van der Waals surface area contributed by atoms with Gasteiger partial charge in [-0.1, -0.05) is 26.8 Å². The number of benzene rings is 1. The Morgan fingerprint density at radius 2 is 1.74 bits per heavy atom. The van der Waals surface area contributed by atoms with Crippen LogP contribution in [0.15, 0.2) is 12.1 Å². The second-order valence-electron chi connectivity index (χ2n) is 8.43. The number of rotatable bonds is 8. The van der Waals surface area contributed by atoms with E-state index >= 15 is 0 Å². The lowest BCUT2D eigenvalue weighted by atomic mass is 9.94. The van der Waals surface area contributed by atoms with Crippen molar-refractivity contribution in [2.45, 2.75) is 39.8 Å². The number of methoxy groups -OCH3 is 3. The molecule has 1 aromatic rings. The molecule has 0 amide bonds. The molecule has 0 aliphatic carbocycles. The van der Waals surface area contributed by atoms with Crippen LogP contribution in [0.25, 0.3) is 0 Å². The summed E-state index contributed by atoms with van der Waals surface area (Å²) < 4.78 is 16.5. The number of ether oxygens (including phenoxy) is 3. The molecule has 1 atom stereocenters. The molecular weight excluding hydrogens is 344 g/mol. The number of aliphatic hydroxyl groups is 1. The van der Waals surface area contributed by atoms with Crippen molar-refractivity contribution in [3.8, 4) is 17.2 Å². The maximum Gasteiger partial charge on any atom is 0.203 e. The highest BCUT2D eigenvalue weighted by Gasteiger charge is 2.30. The zero-order valence-electron chi connectivity index (χ0n) is 17.7. The van der Waals surface area contributed by atoms with Gasteiger partial charge in [-0.05, 0) is 17.9 Å². The van der Waals surface area contributed by atoms with Crippen LogP contribution in [0.4, 0.5) is 0 Å². The first kappa shape index (κ1) is 21.8. The first-order chi connectivity index (χ1) is 12.8. The predicted molar refractivity (Wildman–Crippen MR) is 108 cm³/mol. The summed E-state index contributed by atoms with van der Waals surface area (Å²) >= 11 is 0. The van der Waals surface area contributed by atoms with Crippen LogP contribution in [-0.4, -0.2) is 75.1 Å². The smallest absolute Gasteiger partial charge is 0.203 e. The first-order valence-corrected chi connectivity index (χ1v) is 9.68. The third-order valence-corrected chi connectivity index (χ3v) is 5.01. The lowest BCUT2D eigenvalue weighted by Gasteiger charge is -2.44. The Morgan fingerprint density at radius 3 is 2.30 bits per heavy atom. The van der Waals surface area contributed by atoms with E-state index in [0.29, 0.717) is 17.5 Å². The molecule has 1 saturated heterocycles. The van der Waals surface area contributed by atoms with Crippen molar-refractivity contribution in [2.24, 2.45) is 5.41 Å². The second-order valence-corrected chi connectivity index (χ2v) is 8.43. The lowest BCUT2D eigenvalue weighted by molar-refractivity contribution is 0.0337. The third kappa shape index (κ3) is 5.74.